The van der Waals surface area contributed by atoms with Crippen LogP contribution in [0.2, 0.25) is 0 Å². The van der Waals surface area contributed by atoms with Crippen LogP contribution < -0.4 is 15.4 Å². The summed E-state index contributed by atoms with van der Waals surface area (Å²) >= 11 is 0. The Labute approximate surface area is 136 Å². The van der Waals surface area contributed by atoms with Crippen molar-refractivity contribution >= 4 is 17.7 Å². The van der Waals surface area contributed by atoms with E-state index in [1.54, 1.807) is 7.11 Å². The molecule has 0 heterocycles. The first kappa shape index (κ1) is 17.1. The maximum atomic E-state index is 12.2. The molecule has 126 valence electrons. The minimum absolute atomic E-state index is 0.0256. The summed E-state index contributed by atoms with van der Waals surface area (Å²) in [6.07, 6.45) is 2.61. The van der Waals surface area contributed by atoms with Crippen LogP contribution in [0.25, 0.3) is 0 Å². The van der Waals surface area contributed by atoms with Crippen molar-refractivity contribution in [3.63, 3.8) is 0 Å². The molecule has 1 fully saturated rings. The topological polar surface area (TPSA) is 87.7 Å². The molecule has 6 heteroatoms. The number of hydrogen-bond donors (Lipinski definition) is 3. The number of rotatable bonds is 4. The van der Waals surface area contributed by atoms with Crippen molar-refractivity contribution in [3.05, 3.63) is 23.3 Å². The summed E-state index contributed by atoms with van der Waals surface area (Å²) in [5.41, 5.74) is 2.60. The molecule has 1 saturated carbocycles. The van der Waals surface area contributed by atoms with Gasteiger partial charge in [-0.25, -0.2) is 4.79 Å². The van der Waals surface area contributed by atoms with E-state index in [9.17, 15) is 9.59 Å². The van der Waals surface area contributed by atoms with Crippen LogP contribution in [0.15, 0.2) is 12.1 Å². The highest BCUT2D eigenvalue weighted by Gasteiger charge is 2.26. The Morgan fingerprint density at radius 1 is 1.17 bits per heavy atom. The van der Waals surface area contributed by atoms with Crippen molar-refractivity contribution in [1.29, 1.82) is 0 Å². The highest BCUT2D eigenvalue weighted by Crippen LogP contribution is 2.28. The smallest absolute Gasteiger partial charge is 0.319 e. The van der Waals surface area contributed by atoms with Gasteiger partial charge in [-0.05, 0) is 57.2 Å². The van der Waals surface area contributed by atoms with Gasteiger partial charge >= 0.3 is 12.0 Å². The van der Waals surface area contributed by atoms with E-state index < -0.39 is 5.97 Å². The SMILES string of the molecule is COc1cc(C)cc(NC(=O)NC2CCC(C(=O)O)CC2)c1C. The lowest BCUT2D eigenvalue weighted by atomic mass is 9.86. The van der Waals surface area contributed by atoms with Crippen molar-refractivity contribution in [1.82, 2.24) is 5.32 Å². The molecular weight excluding hydrogens is 296 g/mol. The molecule has 0 saturated heterocycles. The summed E-state index contributed by atoms with van der Waals surface area (Å²) in [5, 5.41) is 14.8. The molecule has 1 aliphatic rings. The molecule has 1 aromatic rings. The largest absolute Gasteiger partial charge is 0.496 e. The molecule has 23 heavy (non-hydrogen) atoms. The minimum atomic E-state index is -0.740. The van der Waals surface area contributed by atoms with Crippen LogP contribution in [0.1, 0.15) is 36.8 Å². The summed E-state index contributed by atoms with van der Waals surface area (Å²) in [4.78, 5) is 23.1. The predicted molar refractivity (Wildman–Crippen MR) is 88.0 cm³/mol. The fourth-order valence-electron chi connectivity index (χ4n) is 3.00. The third kappa shape index (κ3) is 4.37. The van der Waals surface area contributed by atoms with E-state index in [1.807, 2.05) is 26.0 Å². The zero-order chi connectivity index (χ0) is 17.0. The number of nitrogens with one attached hydrogen (secondary N) is 2. The maximum Gasteiger partial charge on any atom is 0.319 e. The quantitative estimate of drug-likeness (QED) is 0.795. The fourth-order valence-corrected chi connectivity index (χ4v) is 3.00. The lowest BCUT2D eigenvalue weighted by Crippen LogP contribution is -2.41. The number of hydrogen-bond acceptors (Lipinski definition) is 3. The third-order valence-corrected chi connectivity index (χ3v) is 4.38. The van der Waals surface area contributed by atoms with Gasteiger partial charge in [0.25, 0.3) is 0 Å². The second kappa shape index (κ2) is 7.35. The first-order valence-electron chi connectivity index (χ1n) is 7.86. The molecule has 0 bridgehead atoms. The summed E-state index contributed by atoms with van der Waals surface area (Å²) in [7, 11) is 1.60. The van der Waals surface area contributed by atoms with Gasteiger partial charge in [-0.1, -0.05) is 0 Å². The first-order chi connectivity index (χ1) is 10.9. The van der Waals surface area contributed by atoms with Crippen LogP contribution in [0, 0.1) is 19.8 Å². The Hall–Kier alpha value is -2.24. The number of aryl methyl sites for hydroxylation is 1. The van der Waals surface area contributed by atoms with Gasteiger partial charge in [-0.3, -0.25) is 4.79 Å². The predicted octanol–water partition coefficient (Wildman–Crippen LogP) is 3.08. The number of carbonyl (C=O) groups is 2. The fraction of sp³-hybridized carbons (Fsp3) is 0.529. The van der Waals surface area contributed by atoms with E-state index in [0.29, 0.717) is 25.7 Å². The number of carboxylic acid groups (broad SMARTS) is 1. The van der Waals surface area contributed by atoms with Gasteiger partial charge in [0.15, 0.2) is 0 Å². The number of urea groups is 1. The second-order valence-electron chi connectivity index (χ2n) is 6.12. The van der Waals surface area contributed by atoms with Gasteiger partial charge in [0, 0.05) is 17.3 Å². The standard InChI is InChI=1S/C17H24N2O4/c1-10-8-14(11(2)15(9-10)23-3)19-17(22)18-13-6-4-12(5-7-13)16(20)21/h8-9,12-13H,4-7H2,1-3H3,(H,20,21)(H2,18,19,22). The Kier molecular flexibility index (Phi) is 5.47. The van der Waals surface area contributed by atoms with Gasteiger partial charge in [-0.2, -0.15) is 0 Å². The van der Waals surface area contributed by atoms with Crippen molar-refractivity contribution in [2.45, 2.75) is 45.6 Å². The minimum Gasteiger partial charge on any atom is -0.496 e. The van der Waals surface area contributed by atoms with Crippen LogP contribution in [0.4, 0.5) is 10.5 Å². The zero-order valence-corrected chi connectivity index (χ0v) is 13.8. The third-order valence-electron chi connectivity index (χ3n) is 4.38. The number of benzene rings is 1. The van der Waals surface area contributed by atoms with Crippen molar-refractivity contribution in [2.75, 3.05) is 12.4 Å². The van der Waals surface area contributed by atoms with Crippen LogP contribution >= 0.6 is 0 Å². The Bertz CT molecular complexity index is 593. The summed E-state index contributed by atoms with van der Waals surface area (Å²) in [6.45, 7) is 3.84. The highest BCUT2D eigenvalue weighted by atomic mass is 16.5. The van der Waals surface area contributed by atoms with Gasteiger partial charge < -0.3 is 20.5 Å². The second-order valence-corrected chi connectivity index (χ2v) is 6.12. The molecule has 1 aliphatic carbocycles. The average molecular weight is 320 g/mol. The lowest BCUT2D eigenvalue weighted by Gasteiger charge is -2.27. The molecule has 3 N–H and O–H groups in total. The van der Waals surface area contributed by atoms with E-state index >= 15 is 0 Å². The molecule has 0 radical (unpaired) electrons. The highest BCUT2D eigenvalue weighted by molar-refractivity contribution is 5.90. The van der Waals surface area contributed by atoms with Gasteiger partial charge in [0.2, 0.25) is 0 Å². The molecule has 6 nitrogen and oxygen atoms in total. The maximum absolute atomic E-state index is 12.2. The molecule has 2 amide bonds. The summed E-state index contributed by atoms with van der Waals surface area (Å²) in [5.74, 6) is -0.281. The van der Waals surface area contributed by atoms with Crippen molar-refractivity contribution in [2.24, 2.45) is 5.92 Å². The number of ether oxygens (including phenoxy) is 1. The molecule has 0 spiro atoms. The first-order valence-corrected chi connectivity index (χ1v) is 7.86. The lowest BCUT2D eigenvalue weighted by molar-refractivity contribution is -0.142. The van der Waals surface area contributed by atoms with Gasteiger partial charge in [-0.15, -0.1) is 0 Å². The van der Waals surface area contributed by atoms with E-state index in [1.165, 1.54) is 0 Å². The van der Waals surface area contributed by atoms with Gasteiger partial charge in [0.05, 0.1) is 13.0 Å². The van der Waals surface area contributed by atoms with Crippen LogP contribution in [-0.2, 0) is 4.79 Å². The van der Waals surface area contributed by atoms with E-state index in [0.717, 1.165) is 22.6 Å². The molecule has 0 aliphatic heterocycles. The monoisotopic (exact) mass is 320 g/mol. The van der Waals surface area contributed by atoms with Crippen LogP contribution in [0.5, 0.6) is 5.75 Å². The number of methoxy groups -OCH3 is 1. The number of amides is 2. The summed E-state index contributed by atoms with van der Waals surface area (Å²) in [6, 6.07) is 3.59. The average Bonchev–Trinajstić information content (AvgIpc) is 2.51. The number of carboxylic acids is 1. The molecule has 0 aromatic heterocycles. The normalized spacial score (nSPS) is 20.7. The van der Waals surface area contributed by atoms with Gasteiger partial charge in [0.1, 0.15) is 5.75 Å². The molecule has 1 aromatic carbocycles. The van der Waals surface area contributed by atoms with E-state index in [2.05, 4.69) is 10.6 Å². The number of carbonyl (C=O) groups excluding carboxylic acids is 1. The summed E-state index contributed by atoms with van der Waals surface area (Å²) < 4.78 is 5.30. The van der Waals surface area contributed by atoms with E-state index in [4.69, 9.17) is 9.84 Å². The van der Waals surface area contributed by atoms with Crippen LogP contribution in [0.3, 0.4) is 0 Å². The van der Waals surface area contributed by atoms with Crippen molar-refractivity contribution in [3.8, 4) is 5.75 Å². The van der Waals surface area contributed by atoms with E-state index in [-0.39, 0.29) is 18.0 Å². The Balaban J connectivity index is 1.93. The Morgan fingerprint density at radius 3 is 2.39 bits per heavy atom. The number of anilines is 1. The van der Waals surface area contributed by atoms with Crippen molar-refractivity contribution < 1.29 is 19.4 Å². The zero-order valence-electron chi connectivity index (χ0n) is 13.8. The molecule has 2 rings (SSSR count). The Morgan fingerprint density at radius 2 is 1.83 bits per heavy atom. The van der Waals surface area contributed by atoms with Crippen LogP contribution in [-0.4, -0.2) is 30.3 Å². The molecular formula is C17H24N2O4. The number of aliphatic carboxylic acids is 1. The molecule has 0 atom stereocenters. The molecule has 0 unspecified atom stereocenters.